The van der Waals surface area contributed by atoms with Crippen LogP contribution in [0.15, 0.2) is 0 Å². The van der Waals surface area contributed by atoms with Crippen LogP contribution in [0.25, 0.3) is 0 Å². The summed E-state index contributed by atoms with van der Waals surface area (Å²) >= 11 is 0. The van der Waals surface area contributed by atoms with Crippen molar-refractivity contribution in [2.24, 2.45) is 0 Å². The van der Waals surface area contributed by atoms with E-state index in [1.54, 1.807) is 0 Å². The van der Waals surface area contributed by atoms with Crippen molar-refractivity contribution in [1.29, 1.82) is 0 Å². The monoisotopic (exact) mass is 213 g/mol. The molecule has 1 fully saturated rings. The topological polar surface area (TPSA) is 18.5 Å². The highest BCUT2D eigenvalue weighted by Crippen LogP contribution is 2.16. The molecule has 0 radical (unpaired) electrons. The Morgan fingerprint density at radius 1 is 1.27 bits per heavy atom. The highest BCUT2D eigenvalue weighted by Gasteiger charge is 2.24. The van der Waals surface area contributed by atoms with Crippen LogP contribution < -0.4 is 5.32 Å². The van der Waals surface area contributed by atoms with Gasteiger partial charge in [0.15, 0.2) is 0 Å². The number of rotatable bonds is 4. The predicted octanol–water partition coefficient (Wildman–Crippen LogP) is 1.01. The van der Waals surface area contributed by atoms with Crippen molar-refractivity contribution in [1.82, 2.24) is 15.1 Å². The SMILES string of the molecule is CNC(C)(C)CN1CCC(N(C)C)CC1. The smallest absolute Gasteiger partial charge is 0.0249 e. The maximum Gasteiger partial charge on any atom is 0.0249 e. The summed E-state index contributed by atoms with van der Waals surface area (Å²) in [4.78, 5) is 4.94. The van der Waals surface area contributed by atoms with Gasteiger partial charge in [0, 0.05) is 18.1 Å². The van der Waals surface area contributed by atoms with Gasteiger partial charge in [0.25, 0.3) is 0 Å². The number of nitrogens with zero attached hydrogens (tertiary/aromatic N) is 2. The first-order valence-corrected chi connectivity index (χ1v) is 6.02. The zero-order valence-corrected chi connectivity index (χ0v) is 11.0. The Bertz CT molecular complexity index is 181. The number of likely N-dealkylation sites (tertiary alicyclic amines) is 1. The van der Waals surface area contributed by atoms with Gasteiger partial charge >= 0.3 is 0 Å². The van der Waals surface area contributed by atoms with Gasteiger partial charge in [-0.15, -0.1) is 0 Å². The second-order valence-electron chi connectivity index (χ2n) is 5.60. The lowest BCUT2D eigenvalue weighted by Gasteiger charge is -2.39. The molecule has 0 aromatic rings. The minimum Gasteiger partial charge on any atom is -0.314 e. The molecule has 0 aromatic carbocycles. The normalized spacial score (nSPS) is 21.2. The molecule has 0 spiro atoms. The van der Waals surface area contributed by atoms with Crippen LogP contribution in [0.5, 0.6) is 0 Å². The Kier molecular flexibility index (Phi) is 4.56. The Labute approximate surface area is 94.8 Å². The average Bonchev–Trinajstić information content (AvgIpc) is 2.18. The molecule has 90 valence electrons. The highest BCUT2D eigenvalue weighted by molar-refractivity contribution is 4.84. The van der Waals surface area contributed by atoms with Crippen molar-refractivity contribution >= 4 is 0 Å². The Hall–Kier alpha value is -0.120. The lowest BCUT2D eigenvalue weighted by atomic mass is 10.00. The second-order valence-corrected chi connectivity index (χ2v) is 5.60. The Balaban J connectivity index is 2.32. The van der Waals surface area contributed by atoms with E-state index in [0.717, 1.165) is 12.6 Å². The molecule has 0 bridgehead atoms. The summed E-state index contributed by atoms with van der Waals surface area (Å²) in [7, 11) is 6.43. The first-order valence-electron chi connectivity index (χ1n) is 6.02. The van der Waals surface area contributed by atoms with Crippen LogP contribution in [-0.2, 0) is 0 Å². The van der Waals surface area contributed by atoms with Gasteiger partial charge in [0.05, 0.1) is 0 Å². The summed E-state index contributed by atoms with van der Waals surface area (Å²) in [5, 5.41) is 3.37. The highest BCUT2D eigenvalue weighted by atomic mass is 15.2. The van der Waals surface area contributed by atoms with E-state index in [-0.39, 0.29) is 5.54 Å². The molecule has 3 nitrogen and oxygen atoms in total. The van der Waals surface area contributed by atoms with Crippen LogP contribution in [0, 0.1) is 0 Å². The standard InChI is InChI=1S/C12H27N3/c1-12(2,13-3)10-15-8-6-11(7-9-15)14(4)5/h11,13H,6-10H2,1-5H3. The third-order valence-corrected chi connectivity index (χ3v) is 3.58. The zero-order valence-electron chi connectivity index (χ0n) is 11.0. The van der Waals surface area contributed by atoms with Crippen LogP contribution in [0.1, 0.15) is 26.7 Å². The maximum atomic E-state index is 3.37. The molecular weight excluding hydrogens is 186 g/mol. The third kappa shape index (κ3) is 4.09. The third-order valence-electron chi connectivity index (χ3n) is 3.58. The summed E-state index contributed by atoms with van der Waals surface area (Å²) in [6, 6.07) is 0.791. The van der Waals surface area contributed by atoms with E-state index < -0.39 is 0 Å². The maximum absolute atomic E-state index is 3.37. The van der Waals surface area contributed by atoms with Gasteiger partial charge in [0.2, 0.25) is 0 Å². The summed E-state index contributed by atoms with van der Waals surface area (Å²) in [5.74, 6) is 0. The van der Waals surface area contributed by atoms with E-state index in [1.807, 2.05) is 7.05 Å². The van der Waals surface area contributed by atoms with Crippen LogP contribution in [0.2, 0.25) is 0 Å². The van der Waals surface area contributed by atoms with Crippen molar-refractivity contribution in [2.45, 2.75) is 38.3 Å². The fourth-order valence-electron chi connectivity index (χ4n) is 2.23. The van der Waals surface area contributed by atoms with Gasteiger partial charge in [-0.1, -0.05) is 0 Å². The van der Waals surface area contributed by atoms with E-state index in [0.29, 0.717) is 0 Å². The van der Waals surface area contributed by atoms with Gasteiger partial charge < -0.3 is 15.1 Å². The van der Waals surface area contributed by atoms with Gasteiger partial charge in [-0.05, 0) is 60.9 Å². The van der Waals surface area contributed by atoms with E-state index in [9.17, 15) is 0 Å². The number of nitrogens with one attached hydrogen (secondary N) is 1. The minimum absolute atomic E-state index is 0.241. The fourth-order valence-corrected chi connectivity index (χ4v) is 2.23. The largest absolute Gasteiger partial charge is 0.314 e. The van der Waals surface area contributed by atoms with E-state index in [1.165, 1.54) is 25.9 Å². The van der Waals surface area contributed by atoms with E-state index in [4.69, 9.17) is 0 Å². The fraction of sp³-hybridized carbons (Fsp3) is 1.00. The number of hydrogen-bond acceptors (Lipinski definition) is 3. The van der Waals surface area contributed by atoms with Crippen LogP contribution >= 0.6 is 0 Å². The van der Waals surface area contributed by atoms with Crippen molar-refractivity contribution in [2.75, 3.05) is 40.8 Å². The summed E-state index contributed by atoms with van der Waals surface area (Å²) in [6.45, 7) is 8.18. The van der Waals surface area contributed by atoms with Crippen molar-refractivity contribution in [3.8, 4) is 0 Å². The summed E-state index contributed by atoms with van der Waals surface area (Å²) in [6.07, 6.45) is 2.62. The Morgan fingerprint density at radius 2 is 1.80 bits per heavy atom. The predicted molar refractivity (Wildman–Crippen MR) is 66.3 cm³/mol. The molecule has 1 heterocycles. The van der Waals surface area contributed by atoms with Crippen molar-refractivity contribution in [3.63, 3.8) is 0 Å². The van der Waals surface area contributed by atoms with Crippen LogP contribution in [-0.4, -0.2) is 62.2 Å². The lowest BCUT2D eigenvalue weighted by molar-refractivity contribution is 0.122. The van der Waals surface area contributed by atoms with Gasteiger partial charge in [0.1, 0.15) is 0 Å². The van der Waals surface area contributed by atoms with Crippen LogP contribution in [0.4, 0.5) is 0 Å². The molecule has 3 heteroatoms. The van der Waals surface area contributed by atoms with Gasteiger partial charge in [-0.25, -0.2) is 0 Å². The first kappa shape index (κ1) is 12.9. The molecule has 0 unspecified atom stereocenters. The second kappa shape index (κ2) is 5.28. The molecule has 0 amide bonds. The molecule has 1 aliphatic heterocycles. The molecule has 15 heavy (non-hydrogen) atoms. The molecule has 1 aliphatic rings. The average molecular weight is 213 g/mol. The number of piperidine rings is 1. The van der Waals surface area contributed by atoms with Crippen LogP contribution in [0.3, 0.4) is 0 Å². The molecular formula is C12H27N3. The molecule has 0 saturated carbocycles. The molecule has 1 N–H and O–H groups in total. The van der Waals surface area contributed by atoms with Crippen molar-refractivity contribution < 1.29 is 0 Å². The minimum atomic E-state index is 0.241. The van der Waals surface area contributed by atoms with E-state index in [2.05, 4.69) is 43.1 Å². The molecule has 0 atom stereocenters. The first-order chi connectivity index (χ1) is 6.94. The molecule has 0 aliphatic carbocycles. The quantitative estimate of drug-likeness (QED) is 0.752. The van der Waals surface area contributed by atoms with E-state index >= 15 is 0 Å². The molecule has 0 aromatic heterocycles. The summed E-state index contributed by atoms with van der Waals surface area (Å²) < 4.78 is 0. The summed E-state index contributed by atoms with van der Waals surface area (Å²) in [5.41, 5.74) is 0.241. The Morgan fingerprint density at radius 3 is 2.20 bits per heavy atom. The molecule has 1 saturated heterocycles. The number of hydrogen-bond donors (Lipinski definition) is 1. The number of likely N-dealkylation sites (N-methyl/N-ethyl adjacent to an activating group) is 1. The molecule has 1 rings (SSSR count). The van der Waals surface area contributed by atoms with Gasteiger partial charge in [-0.3, -0.25) is 0 Å². The van der Waals surface area contributed by atoms with Crippen molar-refractivity contribution in [3.05, 3.63) is 0 Å². The zero-order chi connectivity index (χ0) is 11.5. The van der Waals surface area contributed by atoms with Gasteiger partial charge in [-0.2, -0.15) is 0 Å². The lowest BCUT2D eigenvalue weighted by Crippen LogP contribution is -2.51.